The van der Waals surface area contributed by atoms with Crippen molar-refractivity contribution in [2.24, 2.45) is 0 Å². The van der Waals surface area contributed by atoms with Crippen LogP contribution < -0.4 is 0 Å². The van der Waals surface area contributed by atoms with Gasteiger partial charge in [-0.2, -0.15) is 0 Å². The van der Waals surface area contributed by atoms with Crippen molar-refractivity contribution in [3.05, 3.63) is 64.6 Å². The molecule has 0 atom stereocenters. The van der Waals surface area contributed by atoms with Gasteiger partial charge in [0.25, 0.3) is 5.91 Å². The van der Waals surface area contributed by atoms with E-state index in [1.807, 2.05) is 48.2 Å². The number of carbonyl (C=O) groups excluding carboxylic acids is 1. The zero-order valence-electron chi connectivity index (χ0n) is 15.5. The van der Waals surface area contributed by atoms with Crippen LogP contribution in [-0.2, 0) is 0 Å². The highest BCUT2D eigenvalue weighted by atomic mass is 35.5. The molecule has 5 rings (SSSR count). The van der Waals surface area contributed by atoms with Crippen molar-refractivity contribution in [1.29, 1.82) is 0 Å². The first-order valence-corrected chi connectivity index (χ1v) is 9.90. The fourth-order valence-corrected chi connectivity index (χ4v) is 4.23. The summed E-state index contributed by atoms with van der Waals surface area (Å²) in [5.41, 5.74) is 3.60. The number of para-hydroxylation sites is 2. The third kappa shape index (κ3) is 2.87. The van der Waals surface area contributed by atoms with Crippen LogP contribution in [0, 0.1) is 6.92 Å². The quantitative estimate of drug-likeness (QED) is 0.503. The summed E-state index contributed by atoms with van der Waals surface area (Å²) in [6, 6.07) is 13.5. The van der Waals surface area contributed by atoms with Gasteiger partial charge in [0.15, 0.2) is 5.76 Å². The van der Waals surface area contributed by atoms with Crippen molar-refractivity contribution in [1.82, 2.24) is 14.9 Å². The van der Waals surface area contributed by atoms with Crippen LogP contribution in [0.5, 0.6) is 0 Å². The SMILES string of the molecule is Cc1c(C(=O)N2CCC(c3nc4ccccc4[nH]3)CC2)oc2ccc(Cl)cc12. The first-order valence-electron chi connectivity index (χ1n) is 9.53. The molecule has 3 heterocycles. The Morgan fingerprint density at radius 1 is 1.21 bits per heavy atom. The summed E-state index contributed by atoms with van der Waals surface area (Å²) in [4.78, 5) is 23.1. The number of nitrogens with zero attached hydrogens (tertiary/aromatic N) is 2. The smallest absolute Gasteiger partial charge is 0.289 e. The van der Waals surface area contributed by atoms with Crippen LogP contribution >= 0.6 is 11.6 Å². The van der Waals surface area contributed by atoms with Crippen LogP contribution in [0.3, 0.4) is 0 Å². The lowest BCUT2D eigenvalue weighted by atomic mass is 9.96. The van der Waals surface area contributed by atoms with E-state index in [-0.39, 0.29) is 5.91 Å². The molecular weight excluding hydrogens is 374 g/mol. The normalized spacial score (nSPS) is 15.6. The average molecular weight is 394 g/mol. The molecule has 0 aliphatic carbocycles. The number of benzene rings is 2. The summed E-state index contributed by atoms with van der Waals surface area (Å²) in [6.07, 6.45) is 1.77. The first kappa shape index (κ1) is 17.3. The number of hydrogen-bond acceptors (Lipinski definition) is 3. The maximum Gasteiger partial charge on any atom is 0.289 e. The number of aryl methyl sites for hydroxylation is 1. The molecule has 4 aromatic rings. The zero-order valence-corrected chi connectivity index (χ0v) is 16.3. The Hall–Kier alpha value is -2.79. The second kappa shape index (κ2) is 6.67. The molecule has 2 aromatic heterocycles. The lowest BCUT2D eigenvalue weighted by molar-refractivity contribution is 0.0680. The lowest BCUT2D eigenvalue weighted by Gasteiger charge is -2.30. The molecule has 1 amide bonds. The van der Waals surface area contributed by atoms with Crippen molar-refractivity contribution >= 4 is 39.5 Å². The topological polar surface area (TPSA) is 62.1 Å². The van der Waals surface area contributed by atoms with E-state index in [9.17, 15) is 4.79 Å². The van der Waals surface area contributed by atoms with Gasteiger partial charge in [-0.25, -0.2) is 4.98 Å². The van der Waals surface area contributed by atoms with E-state index in [1.54, 1.807) is 6.07 Å². The molecule has 0 radical (unpaired) electrons. The minimum absolute atomic E-state index is 0.0483. The van der Waals surface area contributed by atoms with Gasteiger partial charge in [-0.15, -0.1) is 0 Å². The number of aromatic amines is 1. The van der Waals surface area contributed by atoms with E-state index in [1.165, 1.54) is 0 Å². The molecule has 1 N–H and O–H groups in total. The molecule has 0 bridgehead atoms. The Labute approximate surface area is 167 Å². The van der Waals surface area contributed by atoms with Crippen LogP contribution in [-0.4, -0.2) is 33.9 Å². The molecule has 0 unspecified atom stereocenters. The molecule has 0 spiro atoms. The highest BCUT2D eigenvalue weighted by molar-refractivity contribution is 6.31. The Morgan fingerprint density at radius 2 is 2.00 bits per heavy atom. The average Bonchev–Trinajstić information content (AvgIpc) is 3.29. The summed E-state index contributed by atoms with van der Waals surface area (Å²) in [5, 5.41) is 1.54. The maximum atomic E-state index is 13.0. The van der Waals surface area contributed by atoms with Crippen molar-refractivity contribution in [3.8, 4) is 0 Å². The number of rotatable bonds is 2. The van der Waals surface area contributed by atoms with Gasteiger partial charge < -0.3 is 14.3 Å². The molecule has 1 saturated heterocycles. The number of halogens is 1. The second-order valence-corrected chi connectivity index (χ2v) is 7.84. The number of furan rings is 1. The van der Waals surface area contributed by atoms with Crippen molar-refractivity contribution < 1.29 is 9.21 Å². The number of piperidine rings is 1. The summed E-state index contributed by atoms with van der Waals surface area (Å²) in [5.74, 6) is 1.72. The summed E-state index contributed by atoms with van der Waals surface area (Å²) < 4.78 is 5.85. The summed E-state index contributed by atoms with van der Waals surface area (Å²) >= 11 is 6.09. The number of nitrogens with one attached hydrogen (secondary N) is 1. The summed E-state index contributed by atoms with van der Waals surface area (Å²) in [6.45, 7) is 3.30. The van der Waals surface area contributed by atoms with Crippen molar-refractivity contribution in [2.75, 3.05) is 13.1 Å². The van der Waals surface area contributed by atoms with E-state index in [0.29, 0.717) is 35.4 Å². The Bertz CT molecular complexity index is 1150. The third-order valence-corrected chi connectivity index (χ3v) is 5.90. The van der Waals surface area contributed by atoms with Gasteiger partial charge in [0, 0.05) is 35.0 Å². The molecule has 2 aromatic carbocycles. The molecule has 1 fully saturated rings. The molecule has 5 nitrogen and oxygen atoms in total. The molecule has 0 saturated carbocycles. The second-order valence-electron chi connectivity index (χ2n) is 7.40. The van der Waals surface area contributed by atoms with Crippen LogP contribution in [0.4, 0.5) is 0 Å². The Morgan fingerprint density at radius 3 is 2.79 bits per heavy atom. The van der Waals surface area contributed by atoms with Crippen LogP contribution in [0.1, 0.15) is 40.7 Å². The maximum absolute atomic E-state index is 13.0. The van der Waals surface area contributed by atoms with Gasteiger partial charge >= 0.3 is 0 Å². The van der Waals surface area contributed by atoms with Gasteiger partial charge in [-0.3, -0.25) is 4.79 Å². The number of likely N-dealkylation sites (tertiary alicyclic amines) is 1. The number of imidazole rings is 1. The number of amides is 1. The third-order valence-electron chi connectivity index (χ3n) is 5.67. The fraction of sp³-hybridized carbons (Fsp3) is 0.273. The van der Waals surface area contributed by atoms with E-state index in [0.717, 1.165) is 40.6 Å². The molecule has 1 aliphatic heterocycles. The zero-order chi connectivity index (χ0) is 19.3. The van der Waals surface area contributed by atoms with Crippen molar-refractivity contribution in [2.45, 2.75) is 25.7 Å². The van der Waals surface area contributed by atoms with Gasteiger partial charge in [0.05, 0.1) is 11.0 Å². The van der Waals surface area contributed by atoms with E-state index in [4.69, 9.17) is 21.0 Å². The molecule has 142 valence electrons. The highest BCUT2D eigenvalue weighted by Gasteiger charge is 2.29. The van der Waals surface area contributed by atoms with Crippen LogP contribution in [0.25, 0.3) is 22.0 Å². The van der Waals surface area contributed by atoms with Crippen LogP contribution in [0.2, 0.25) is 5.02 Å². The minimum atomic E-state index is -0.0483. The predicted octanol–water partition coefficient (Wildman–Crippen LogP) is 5.29. The molecule has 28 heavy (non-hydrogen) atoms. The number of hydrogen-bond donors (Lipinski definition) is 1. The van der Waals surface area contributed by atoms with E-state index >= 15 is 0 Å². The Balaban J connectivity index is 1.34. The van der Waals surface area contributed by atoms with Gasteiger partial charge in [-0.05, 0) is 50.1 Å². The summed E-state index contributed by atoms with van der Waals surface area (Å²) in [7, 11) is 0. The van der Waals surface area contributed by atoms with Gasteiger partial charge in [-0.1, -0.05) is 23.7 Å². The fourth-order valence-electron chi connectivity index (χ4n) is 4.06. The minimum Gasteiger partial charge on any atom is -0.451 e. The van der Waals surface area contributed by atoms with E-state index < -0.39 is 0 Å². The van der Waals surface area contributed by atoms with E-state index in [2.05, 4.69) is 4.98 Å². The predicted molar refractivity (Wildman–Crippen MR) is 110 cm³/mol. The number of carbonyl (C=O) groups is 1. The molecular formula is C22H20ClN3O2. The number of fused-ring (bicyclic) bond motifs is 2. The van der Waals surface area contributed by atoms with Gasteiger partial charge in [0.2, 0.25) is 0 Å². The molecule has 1 aliphatic rings. The monoisotopic (exact) mass is 393 g/mol. The number of aromatic nitrogens is 2. The van der Waals surface area contributed by atoms with Crippen molar-refractivity contribution in [3.63, 3.8) is 0 Å². The number of H-pyrrole nitrogens is 1. The Kier molecular flexibility index (Phi) is 4.13. The highest BCUT2D eigenvalue weighted by Crippen LogP contribution is 2.31. The lowest BCUT2D eigenvalue weighted by Crippen LogP contribution is -2.38. The van der Waals surface area contributed by atoms with Gasteiger partial charge in [0.1, 0.15) is 11.4 Å². The molecule has 6 heteroatoms. The standard InChI is InChI=1S/C22H20ClN3O2/c1-13-16-12-15(23)6-7-19(16)28-20(13)22(27)26-10-8-14(9-11-26)21-24-17-4-2-3-5-18(17)25-21/h2-7,12,14H,8-11H2,1H3,(H,24,25). The van der Waals surface area contributed by atoms with Crippen LogP contribution in [0.15, 0.2) is 46.9 Å². The largest absolute Gasteiger partial charge is 0.451 e. The first-order chi connectivity index (χ1) is 13.6.